The third kappa shape index (κ3) is 6.88. The number of piperidine rings is 1. The summed E-state index contributed by atoms with van der Waals surface area (Å²) in [6, 6.07) is 3.66. The lowest BCUT2D eigenvalue weighted by molar-refractivity contribution is -0.0222. The third-order valence-corrected chi connectivity index (χ3v) is 7.12. The molecule has 0 amide bonds. The maximum atomic E-state index is 13.8. The number of likely N-dealkylation sites (tertiary alicyclic amines) is 1. The van der Waals surface area contributed by atoms with Crippen LogP contribution < -0.4 is 19.7 Å². The Balaban J connectivity index is 1.64. The van der Waals surface area contributed by atoms with Crippen LogP contribution in [0.25, 0.3) is 10.9 Å². The van der Waals surface area contributed by atoms with E-state index >= 15 is 0 Å². The molecule has 2 N–H and O–H groups in total. The summed E-state index contributed by atoms with van der Waals surface area (Å²) in [6.07, 6.45) is 1.83. The van der Waals surface area contributed by atoms with E-state index < -0.39 is 18.2 Å². The number of benzene rings is 1. The summed E-state index contributed by atoms with van der Waals surface area (Å²) < 4.78 is 39.4. The van der Waals surface area contributed by atoms with Crippen LogP contribution >= 0.6 is 0 Å². The predicted octanol–water partition coefficient (Wildman–Crippen LogP) is 3.42. The average Bonchev–Trinajstić information content (AvgIpc) is 3.37. The highest BCUT2D eigenvalue weighted by Gasteiger charge is 2.35. The Labute approximate surface area is 217 Å². The molecule has 0 spiro atoms. The van der Waals surface area contributed by atoms with Crippen molar-refractivity contribution in [2.45, 2.75) is 57.2 Å². The summed E-state index contributed by atoms with van der Waals surface area (Å²) >= 11 is 0. The maximum Gasteiger partial charge on any atom is 0.251 e. The molecule has 0 bridgehead atoms. The van der Waals surface area contributed by atoms with Gasteiger partial charge in [0.25, 0.3) is 5.92 Å². The SMILES string of the molecule is COc1cc2c(NC(C(C)O)N(C)C)nc(N3CCC(F)(F)CC3)nc2cc1OCCCN1CCCC1. The number of fused-ring (bicyclic) bond motifs is 1. The summed E-state index contributed by atoms with van der Waals surface area (Å²) in [5.74, 6) is -0.657. The molecule has 2 saturated heterocycles. The number of alkyl halides is 2. The zero-order chi connectivity index (χ0) is 26.6. The van der Waals surface area contributed by atoms with Crippen LogP contribution in [0.3, 0.4) is 0 Å². The van der Waals surface area contributed by atoms with E-state index in [0.29, 0.717) is 40.8 Å². The van der Waals surface area contributed by atoms with Gasteiger partial charge in [-0.25, -0.2) is 13.8 Å². The lowest BCUT2D eigenvalue weighted by Crippen LogP contribution is -2.44. The van der Waals surface area contributed by atoms with Crippen molar-refractivity contribution in [2.75, 3.05) is 70.8 Å². The molecule has 2 unspecified atom stereocenters. The molecule has 1 aromatic heterocycles. The number of rotatable bonds is 11. The zero-order valence-corrected chi connectivity index (χ0v) is 22.3. The molecule has 0 radical (unpaired) electrons. The predicted molar refractivity (Wildman–Crippen MR) is 141 cm³/mol. The van der Waals surface area contributed by atoms with Gasteiger partial charge in [0.05, 0.1) is 25.3 Å². The monoisotopic (exact) mass is 522 g/mol. The quantitative estimate of drug-likeness (QED) is 0.341. The molecule has 3 heterocycles. The van der Waals surface area contributed by atoms with Crippen molar-refractivity contribution >= 4 is 22.7 Å². The van der Waals surface area contributed by atoms with Crippen molar-refractivity contribution in [3.8, 4) is 11.5 Å². The standard InChI is InChI=1S/C26H40F2N6O3/c1-18(35)24(32(2)3)30-23-19-16-21(36-4)22(37-15-7-12-33-10-5-6-11-33)17-20(19)29-25(31-23)34-13-8-26(27,28)9-14-34/h16-18,24,35H,5-15H2,1-4H3,(H,29,30,31). The first-order valence-corrected chi connectivity index (χ1v) is 13.2. The summed E-state index contributed by atoms with van der Waals surface area (Å²) in [4.78, 5) is 15.6. The minimum absolute atomic E-state index is 0.168. The maximum absolute atomic E-state index is 13.8. The smallest absolute Gasteiger partial charge is 0.251 e. The molecular weight excluding hydrogens is 482 g/mol. The van der Waals surface area contributed by atoms with E-state index in [4.69, 9.17) is 19.4 Å². The Kier molecular flexibility index (Phi) is 8.86. The number of halogens is 2. The Morgan fingerprint density at radius 1 is 1.11 bits per heavy atom. The Bertz CT molecular complexity index is 1030. The van der Waals surface area contributed by atoms with Gasteiger partial charge in [-0.15, -0.1) is 0 Å². The molecule has 2 fully saturated rings. The van der Waals surface area contributed by atoms with Crippen LogP contribution in [0.1, 0.15) is 39.0 Å². The molecule has 2 aromatic rings. The molecular formula is C26H40F2N6O3. The second-order valence-corrected chi connectivity index (χ2v) is 10.3. The number of aliphatic hydroxyl groups excluding tert-OH is 1. The van der Waals surface area contributed by atoms with Crippen LogP contribution in [-0.4, -0.2) is 104 Å². The summed E-state index contributed by atoms with van der Waals surface area (Å²) in [5, 5.41) is 14.4. The number of nitrogens with one attached hydrogen (secondary N) is 1. The van der Waals surface area contributed by atoms with Gasteiger partial charge in [-0.1, -0.05) is 0 Å². The van der Waals surface area contributed by atoms with Crippen molar-refractivity contribution in [2.24, 2.45) is 0 Å². The Hall–Kier alpha value is -2.50. The Morgan fingerprint density at radius 3 is 2.43 bits per heavy atom. The molecule has 11 heteroatoms. The van der Waals surface area contributed by atoms with Crippen molar-refractivity contribution in [3.63, 3.8) is 0 Å². The van der Waals surface area contributed by atoms with E-state index in [1.807, 2.05) is 31.1 Å². The number of likely N-dealkylation sites (N-methyl/N-ethyl adjacent to an activating group) is 1. The second-order valence-electron chi connectivity index (χ2n) is 10.3. The van der Waals surface area contributed by atoms with E-state index in [2.05, 4.69) is 10.2 Å². The van der Waals surface area contributed by atoms with E-state index in [0.717, 1.165) is 26.1 Å². The van der Waals surface area contributed by atoms with Gasteiger partial charge in [0, 0.05) is 43.9 Å². The van der Waals surface area contributed by atoms with Gasteiger partial charge in [0.15, 0.2) is 11.5 Å². The lowest BCUT2D eigenvalue weighted by atomic mass is 10.1. The highest BCUT2D eigenvalue weighted by Crippen LogP contribution is 2.37. The van der Waals surface area contributed by atoms with Crippen LogP contribution in [0.15, 0.2) is 12.1 Å². The first-order valence-electron chi connectivity index (χ1n) is 13.2. The molecule has 2 aliphatic heterocycles. The fourth-order valence-electron chi connectivity index (χ4n) is 4.98. The highest BCUT2D eigenvalue weighted by atomic mass is 19.3. The number of hydrogen-bond acceptors (Lipinski definition) is 9. The molecule has 0 saturated carbocycles. The van der Waals surface area contributed by atoms with E-state index in [1.54, 1.807) is 18.9 Å². The minimum atomic E-state index is -2.67. The molecule has 2 aliphatic rings. The normalized spacial score (nSPS) is 19.8. The van der Waals surface area contributed by atoms with E-state index in [9.17, 15) is 13.9 Å². The van der Waals surface area contributed by atoms with Crippen LogP contribution in [0.5, 0.6) is 11.5 Å². The number of nitrogens with zero attached hydrogens (tertiary/aromatic N) is 5. The largest absolute Gasteiger partial charge is 0.493 e. The van der Waals surface area contributed by atoms with E-state index in [1.165, 1.54) is 12.8 Å². The van der Waals surface area contributed by atoms with Crippen molar-refractivity contribution < 1.29 is 23.4 Å². The van der Waals surface area contributed by atoms with Gasteiger partial charge in [-0.2, -0.15) is 4.98 Å². The van der Waals surface area contributed by atoms with Gasteiger partial charge in [-0.05, 0) is 59.4 Å². The van der Waals surface area contributed by atoms with Crippen molar-refractivity contribution in [1.82, 2.24) is 19.8 Å². The van der Waals surface area contributed by atoms with Gasteiger partial charge in [0.2, 0.25) is 5.95 Å². The fourth-order valence-corrected chi connectivity index (χ4v) is 4.98. The minimum Gasteiger partial charge on any atom is -0.493 e. The Morgan fingerprint density at radius 2 is 1.81 bits per heavy atom. The van der Waals surface area contributed by atoms with Gasteiger partial charge in [0.1, 0.15) is 12.0 Å². The fraction of sp³-hybridized carbons (Fsp3) is 0.692. The van der Waals surface area contributed by atoms with E-state index in [-0.39, 0.29) is 25.9 Å². The highest BCUT2D eigenvalue weighted by molar-refractivity contribution is 5.93. The number of ether oxygens (including phenoxy) is 2. The molecule has 2 atom stereocenters. The van der Waals surface area contributed by atoms with Crippen LogP contribution in [0.2, 0.25) is 0 Å². The summed E-state index contributed by atoms with van der Waals surface area (Å²) in [6.45, 7) is 5.88. The number of aliphatic hydroxyl groups is 1. The van der Waals surface area contributed by atoms with Crippen molar-refractivity contribution in [3.05, 3.63) is 12.1 Å². The number of hydrogen-bond donors (Lipinski definition) is 2. The topological polar surface area (TPSA) is 86.2 Å². The second kappa shape index (κ2) is 11.9. The van der Waals surface area contributed by atoms with Crippen molar-refractivity contribution in [1.29, 1.82) is 0 Å². The third-order valence-electron chi connectivity index (χ3n) is 7.12. The molecule has 1 aromatic carbocycles. The number of aromatic nitrogens is 2. The first-order chi connectivity index (χ1) is 17.7. The average molecular weight is 523 g/mol. The summed E-state index contributed by atoms with van der Waals surface area (Å²) in [7, 11) is 5.30. The summed E-state index contributed by atoms with van der Waals surface area (Å²) in [5.41, 5.74) is 0.614. The van der Waals surface area contributed by atoms with Crippen LogP contribution in [-0.2, 0) is 0 Å². The molecule has 206 valence electrons. The molecule has 0 aliphatic carbocycles. The molecule has 9 nitrogen and oxygen atoms in total. The first kappa shape index (κ1) is 27.5. The van der Waals surface area contributed by atoms with Crippen LogP contribution in [0.4, 0.5) is 20.5 Å². The van der Waals surface area contributed by atoms with Gasteiger partial charge < -0.3 is 29.7 Å². The number of anilines is 2. The van der Waals surface area contributed by atoms with Crippen LogP contribution in [0, 0.1) is 0 Å². The molecule has 37 heavy (non-hydrogen) atoms. The number of methoxy groups -OCH3 is 1. The lowest BCUT2D eigenvalue weighted by Gasteiger charge is -2.33. The van der Waals surface area contributed by atoms with Gasteiger partial charge in [-0.3, -0.25) is 4.90 Å². The zero-order valence-electron chi connectivity index (χ0n) is 22.3. The van der Waals surface area contributed by atoms with Gasteiger partial charge >= 0.3 is 0 Å². The molecule has 4 rings (SSSR count).